The summed E-state index contributed by atoms with van der Waals surface area (Å²) >= 11 is 8.68. The number of thiol groups is 1. The molecule has 0 saturated carbocycles. The average Bonchev–Trinajstić information content (AvgIpc) is 2.79. The molecule has 0 spiro atoms. The predicted octanol–water partition coefficient (Wildman–Crippen LogP) is 2.05. The lowest BCUT2D eigenvalue weighted by Crippen LogP contribution is -2.67. The summed E-state index contributed by atoms with van der Waals surface area (Å²) in [7, 11) is 0. The zero-order valence-electron chi connectivity index (χ0n) is 16.9. The molecule has 0 radical (unpaired) electrons. The monoisotopic (exact) mass is 466 g/mol. The smallest absolute Gasteiger partial charge is 0.303 e. The minimum Gasteiger partial charge on any atom is -0.481 e. The predicted molar refractivity (Wildman–Crippen MR) is 123 cm³/mol. The lowest BCUT2D eigenvalue weighted by Gasteiger charge is -2.14. The summed E-state index contributed by atoms with van der Waals surface area (Å²) in [5.41, 5.74) is 4.86. The van der Waals surface area contributed by atoms with E-state index < -0.39 is 17.9 Å². The maximum atomic E-state index is 13.0. The van der Waals surface area contributed by atoms with Crippen LogP contribution in [0.2, 0.25) is 0 Å². The summed E-state index contributed by atoms with van der Waals surface area (Å²) in [5.74, 6) is -2.06. The lowest BCUT2D eigenvalue weighted by atomic mass is 10.0. The number of rotatable bonds is 9. The zero-order valence-corrected chi connectivity index (χ0v) is 18.6. The fourth-order valence-corrected chi connectivity index (χ4v) is 2.59. The highest BCUT2D eigenvalue weighted by Gasteiger charge is 2.19. The van der Waals surface area contributed by atoms with Crippen molar-refractivity contribution in [3.8, 4) is 0 Å². The van der Waals surface area contributed by atoms with Crippen molar-refractivity contribution in [1.29, 1.82) is 0 Å². The minimum atomic E-state index is -1.09. The van der Waals surface area contributed by atoms with Gasteiger partial charge >= 0.3 is 5.97 Å². The highest BCUT2D eigenvalue weighted by molar-refractivity contribution is 7.80. The molecule has 6 N–H and O–H groups in total. The first-order chi connectivity index (χ1) is 14.8. The molecule has 0 fully saturated rings. The number of benzene rings is 2. The number of carbonyl (C=O) groups is 4. The Bertz CT molecular complexity index is 924. The Labute approximate surface area is 190 Å². The van der Waals surface area contributed by atoms with Gasteiger partial charge in [-0.25, -0.2) is 0 Å². The molecule has 2 aromatic rings. The third kappa shape index (κ3) is 8.41. The third-order valence-electron chi connectivity index (χ3n) is 4.00. The molecule has 2 amide bonds. The fraction of sp³-hybridized carbons (Fsp3) is 0.238. The van der Waals surface area contributed by atoms with Gasteiger partial charge in [-0.2, -0.15) is 12.6 Å². The summed E-state index contributed by atoms with van der Waals surface area (Å²) in [6.07, 6.45) is 0.925. The number of hydrogen-bond donors (Lipinski definition) is 5. The Kier molecular flexibility index (Phi) is 11.3. The molecule has 8 nitrogen and oxygen atoms in total. The van der Waals surface area contributed by atoms with Gasteiger partial charge in [-0.3, -0.25) is 19.2 Å². The van der Waals surface area contributed by atoms with Crippen molar-refractivity contribution in [3.63, 3.8) is 0 Å². The normalized spacial score (nSPS) is 10.8. The number of quaternary nitrogens is 1. The van der Waals surface area contributed by atoms with Gasteiger partial charge in [0.15, 0.2) is 11.8 Å². The molecule has 0 aliphatic rings. The van der Waals surface area contributed by atoms with Crippen LogP contribution in [0.5, 0.6) is 0 Å². The molecule has 10 heteroatoms. The Morgan fingerprint density at radius 2 is 1.68 bits per heavy atom. The molecule has 2 rings (SSSR count). The van der Waals surface area contributed by atoms with Gasteiger partial charge in [0.2, 0.25) is 5.91 Å². The van der Waals surface area contributed by atoms with Crippen LogP contribution in [-0.4, -0.2) is 46.9 Å². The summed E-state index contributed by atoms with van der Waals surface area (Å²) in [6.45, 7) is 0. The fourth-order valence-electron chi connectivity index (χ4n) is 2.42. The molecule has 1 unspecified atom stereocenters. The minimum absolute atomic E-state index is 0.171. The number of carboxylic acid groups (broad SMARTS) is 1. The number of aliphatic carboxylic acids is 1. The second kappa shape index (κ2) is 13.4. The van der Waals surface area contributed by atoms with E-state index in [1.807, 2.05) is 0 Å². The standard InChI is InChI=1S/C20H21N3O5S.CH3Cl/c21-15(11-29)20(28)22-13-6-7-16(23-17(24)8-9-18(25)26)14(10-13)19(27)12-4-2-1-3-5-12;1-2/h1-7,10,15,29H,8-9,11,21H2,(H,22,28)(H,23,24)(H,25,26);1H3/p+1. The van der Waals surface area contributed by atoms with Gasteiger partial charge < -0.3 is 21.5 Å². The van der Waals surface area contributed by atoms with E-state index in [-0.39, 0.29) is 41.5 Å². The maximum Gasteiger partial charge on any atom is 0.303 e. The van der Waals surface area contributed by atoms with Gasteiger partial charge in [0.1, 0.15) is 0 Å². The molecule has 0 aliphatic carbocycles. The number of hydrogen-bond acceptors (Lipinski definition) is 5. The molecule has 0 saturated heterocycles. The number of halogens is 1. The topological polar surface area (TPSA) is 140 Å². The summed E-state index contributed by atoms with van der Waals surface area (Å²) in [6, 6.07) is 12.4. The highest BCUT2D eigenvalue weighted by atomic mass is 35.5. The second-order valence-corrected chi connectivity index (χ2v) is 6.63. The van der Waals surface area contributed by atoms with Gasteiger partial charge in [-0.05, 0) is 18.2 Å². The Morgan fingerprint density at radius 3 is 2.26 bits per heavy atom. The van der Waals surface area contributed by atoms with Crippen LogP contribution in [-0.2, 0) is 14.4 Å². The molecule has 166 valence electrons. The molecule has 0 heterocycles. The van der Waals surface area contributed by atoms with E-state index in [0.717, 1.165) is 0 Å². The maximum absolute atomic E-state index is 13.0. The molecule has 0 aliphatic heterocycles. The van der Waals surface area contributed by atoms with Crippen LogP contribution >= 0.6 is 24.2 Å². The van der Waals surface area contributed by atoms with Crippen molar-refractivity contribution in [2.75, 3.05) is 22.8 Å². The van der Waals surface area contributed by atoms with E-state index in [1.54, 1.807) is 30.3 Å². The number of alkyl halides is 1. The van der Waals surface area contributed by atoms with Gasteiger partial charge in [0.25, 0.3) is 5.91 Å². The number of anilines is 2. The van der Waals surface area contributed by atoms with Crippen molar-refractivity contribution in [3.05, 3.63) is 59.7 Å². The molecule has 0 bridgehead atoms. The molecule has 0 aromatic heterocycles. The molecular formula is C21H25ClN3O5S+. The van der Waals surface area contributed by atoms with Gasteiger partial charge in [-0.1, -0.05) is 30.3 Å². The van der Waals surface area contributed by atoms with Crippen LogP contribution in [0.4, 0.5) is 11.4 Å². The Hall–Kier alpha value is -2.88. The summed E-state index contributed by atoms with van der Waals surface area (Å²) in [4.78, 5) is 47.7. The summed E-state index contributed by atoms with van der Waals surface area (Å²) < 4.78 is 0. The van der Waals surface area contributed by atoms with Crippen molar-refractivity contribution < 1.29 is 30.0 Å². The van der Waals surface area contributed by atoms with Crippen molar-refractivity contribution in [2.45, 2.75) is 18.9 Å². The Morgan fingerprint density at radius 1 is 1.03 bits per heavy atom. The first-order valence-corrected chi connectivity index (χ1v) is 10.6. The molecule has 31 heavy (non-hydrogen) atoms. The van der Waals surface area contributed by atoms with E-state index in [4.69, 9.17) is 5.11 Å². The van der Waals surface area contributed by atoms with Crippen LogP contribution in [0.3, 0.4) is 0 Å². The number of nitrogens with one attached hydrogen (secondary N) is 2. The van der Waals surface area contributed by atoms with Crippen molar-refractivity contribution >= 4 is 59.2 Å². The quantitative estimate of drug-likeness (QED) is 0.218. The van der Waals surface area contributed by atoms with Gasteiger partial charge in [0.05, 0.1) is 17.9 Å². The molecule has 1 atom stereocenters. The van der Waals surface area contributed by atoms with E-state index in [2.05, 4.69) is 40.6 Å². The van der Waals surface area contributed by atoms with E-state index in [0.29, 0.717) is 11.3 Å². The molecular weight excluding hydrogens is 442 g/mol. The van der Waals surface area contributed by atoms with Crippen LogP contribution in [0.1, 0.15) is 28.8 Å². The third-order valence-corrected chi connectivity index (χ3v) is 4.44. The van der Waals surface area contributed by atoms with E-state index in [1.165, 1.54) is 24.6 Å². The van der Waals surface area contributed by atoms with Gasteiger partial charge in [-0.15, -0.1) is 11.6 Å². The second-order valence-electron chi connectivity index (χ2n) is 6.27. The lowest BCUT2D eigenvalue weighted by molar-refractivity contribution is -0.395. The average molecular weight is 467 g/mol. The first kappa shape index (κ1) is 26.2. The van der Waals surface area contributed by atoms with Crippen molar-refractivity contribution in [2.24, 2.45) is 0 Å². The van der Waals surface area contributed by atoms with Crippen LogP contribution < -0.4 is 16.4 Å². The van der Waals surface area contributed by atoms with Gasteiger partial charge in [0, 0.05) is 29.6 Å². The molecule has 2 aromatic carbocycles. The van der Waals surface area contributed by atoms with E-state index in [9.17, 15) is 19.2 Å². The number of ketones is 1. The number of carbonyl (C=O) groups excluding carboxylic acids is 3. The van der Waals surface area contributed by atoms with Crippen LogP contribution in [0, 0.1) is 0 Å². The number of carboxylic acids is 1. The zero-order chi connectivity index (χ0) is 23.4. The Balaban J connectivity index is 0.00000233. The SMILES string of the molecule is CCl.[NH3+]C(CS)C(=O)Nc1ccc(NC(=O)CCC(=O)O)c(C(=O)c2ccccc2)c1. The van der Waals surface area contributed by atoms with Crippen molar-refractivity contribution in [1.82, 2.24) is 0 Å². The van der Waals surface area contributed by atoms with E-state index >= 15 is 0 Å². The van der Waals surface area contributed by atoms with Crippen LogP contribution in [0.15, 0.2) is 48.5 Å². The van der Waals surface area contributed by atoms with Crippen LogP contribution in [0.25, 0.3) is 0 Å². The highest BCUT2D eigenvalue weighted by Crippen LogP contribution is 2.24. The summed E-state index contributed by atoms with van der Waals surface area (Å²) in [5, 5.41) is 14.0. The first-order valence-electron chi connectivity index (χ1n) is 9.20. The largest absolute Gasteiger partial charge is 0.481 e. The number of amides is 2.